The fourth-order valence-corrected chi connectivity index (χ4v) is 3.57. The molecule has 30 heavy (non-hydrogen) atoms. The summed E-state index contributed by atoms with van der Waals surface area (Å²) in [7, 11) is 0. The van der Waals surface area contributed by atoms with Crippen molar-refractivity contribution in [2.45, 2.75) is 38.3 Å². The van der Waals surface area contributed by atoms with Crippen molar-refractivity contribution in [2.24, 2.45) is 0 Å². The molecule has 2 aromatic heterocycles. The van der Waals surface area contributed by atoms with Crippen molar-refractivity contribution >= 4 is 45.6 Å². The topological polar surface area (TPSA) is 152 Å². The fraction of sp³-hybridized carbons (Fsp3) is 0.333. The van der Waals surface area contributed by atoms with Gasteiger partial charge in [-0.1, -0.05) is 18.2 Å². The summed E-state index contributed by atoms with van der Waals surface area (Å²) in [6, 6.07) is 7.67. The van der Waals surface area contributed by atoms with Crippen LogP contribution in [0.15, 0.2) is 30.6 Å². The molecule has 3 heterocycles. The first-order valence-electron chi connectivity index (χ1n) is 8.93. The zero-order chi connectivity index (χ0) is 21.4. The quantitative estimate of drug-likeness (QED) is 0.349. The molecule has 4 N–H and O–H groups in total. The molecule has 0 radical (unpaired) electrons. The molecule has 11 nitrogen and oxygen atoms in total. The lowest BCUT2D eigenvalue weighted by atomic mass is 10.2. The molecule has 0 spiro atoms. The standard InChI is InChI=1S/C18H18IN5O6/c1-8(25)21-18-22-14-11(15(23-18)29-6-9-4-2-3-5-10(9)19)20-7-24(14)16-12(26)13(27)17(28)30-16/h2-5,7,12-13,16-17,26-28H,6H2,1H3,(H,21,22,23,25)/t12-,13+,16-,17+/m1/s1. The van der Waals surface area contributed by atoms with Gasteiger partial charge in [-0.15, -0.1) is 0 Å². The first-order chi connectivity index (χ1) is 14.3. The summed E-state index contributed by atoms with van der Waals surface area (Å²) in [6.07, 6.45) is -4.26. The maximum atomic E-state index is 11.5. The lowest BCUT2D eigenvalue weighted by Gasteiger charge is -2.16. The minimum atomic E-state index is -1.56. The number of imidazole rings is 1. The van der Waals surface area contributed by atoms with Crippen molar-refractivity contribution in [3.8, 4) is 5.88 Å². The monoisotopic (exact) mass is 527 g/mol. The van der Waals surface area contributed by atoms with Crippen LogP contribution in [0.25, 0.3) is 11.2 Å². The summed E-state index contributed by atoms with van der Waals surface area (Å²) >= 11 is 2.20. The summed E-state index contributed by atoms with van der Waals surface area (Å²) in [6.45, 7) is 1.52. The van der Waals surface area contributed by atoms with E-state index in [1.807, 2.05) is 24.3 Å². The highest BCUT2D eigenvalue weighted by Gasteiger charge is 2.43. The number of nitrogens with zero attached hydrogens (tertiary/aromatic N) is 4. The van der Waals surface area contributed by atoms with Crippen LogP contribution in [-0.4, -0.2) is 59.2 Å². The van der Waals surface area contributed by atoms with E-state index in [2.05, 4.69) is 42.9 Å². The molecule has 158 valence electrons. The Morgan fingerprint density at radius 3 is 2.70 bits per heavy atom. The van der Waals surface area contributed by atoms with E-state index < -0.39 is 24.7 Å². The maximum Gasteiger partial charge on any atom is 0.247 e. The van der Waals surface area contributed by atoms with Crippen molar-refractivity contribution in [3.05, 3.63) is 39.7 Å². The Bertz CT molecular complexity index is 1090. The van der Waals surface area contributed by atoms with Crippen LogP contribution in [0.2, 0.25) is 0 Å². The molecular formula is C18H18IN5O6. The number of halogens is 1. The average Bonchev–Trinajstić information content (AvgIpc) is 3.23. The number of carbonyl (C=O) groups is 1. The number of benzene rings is 1. The van der Waals surface area contributed by atoms with Gasteiger partial charge in [0.25, 0.3) is 0 Å². The van der Waals surface area contributed by atoms with Crippen LogP contribution in [0, 0.1) is 3.57 Å². The lowest BCUT2D eigenvalue weighted by molar-refractivity contribution is -0.141. The number of aromatic nitrogens is 4. The molecule has 4 rings (SSSR count). The lowest BCUT2D eigenvalue weighted by Crippen LogP contribution is -2.31. The average molecular weight is 527 g/mol. The van der Waals surface area contributed by atoms with Crippen LogP contribution in [0.5, 0.6) is 5.88 Å². The van der Waals surface area contributed by atoms with E-state index in [1.54, 1.807) is 0 Å². The van der Waals surface area contributed by atoms with Gasteiger partial charge in [0.15, 0.2) is 23.7 Å². The van der Waals surface area contributed by atoms with E-state index in [1.165, 1.54) is 17.8 Å². The number of anilines is 1. The molecule has 1 saturated heterocycles. The molecule has 1 aliphatic heterocycles. The third kappa shape index (κ3) is 3.96. The maximum absolute atomic E-state index is 11.5. The normalized spacial score (nSPS) is 23.6. The Hall–Kier alpha value is -2.39. The fourth-order valence-electron chi connectivity index (χ4n) is 3.02. The molecular weight excluding hydrogens is 509 g/mol. The molecule has 0 aliphatic carbocycles. The predicted octanol–water partition coefficient (Wildman–Crippen LogP) is 0.537. The van der Waals surface area contributed by atoms with Crippen LogP contribution >= 0.6 is 22.6 Å². The van der Waals surface area contributed by atoms with Crippen molar-refractivity contribution in [2.75, 3.05) is 5.32 Å². The van der Waals surface area contributed by atoms with Gasteiger partial charge in [-0.2, -0.15) is 9.97 Å². The molecule has 1 aromatic carbocycles. The van der Waals surface area contributed by atoms with E-state index >= 15 is 0 Å². The molecule has 1 fully saturated rings. The zero-order valence-corrected chi connectivity index (χ0v) is 17.8. The summed E-state index contributed by atoms with van der Waals surface area (Å²) < 4.78 is 13.5. The highest BCUT2D eigenvalue weighted by molar-refractivity contribution is 14.1. The van der Waals surface area contributed by atoms with Gasteiger partial charge in [0.2, 0.25) is 17.7 Å². The van der Waals surface area contributed by atoms with Gasteiger partial charge >= 0.3 is 0 Å². The second-order valence-corrected chi connectivity index (χ2v) is 7.80. The van der Waals surface area contributed by atoms with Crippen molar-refractivity contribution in [1.82, 2.24) is 19.5 Å². The number of aliphatic hydroxyl groups is 3. The molecule has 12 heteroatoms. The van der Waals surface area contributed by atoms with Gasteiger partial charge in [0.1, 0.15) is 18.8 Å². The molecule has 0 saturated carbocycles. The third-order valence-electron chi connectivity index (χ3n) is 4.49. The van der Waals surface area contributed by atoms with Gasteiger partial charge in [-0.25, -0.2) is 4.98 Å². The van der Waals surface area contributed by atoms with Gasteiger partial charge in [0, 0.05) is 16.1 Å². The molecule has 4 atom stereocenters. The molecule has 1 aliphatic rings. The Morgan fingerprint density at radius 2 is 2.03 bits per heavy atom. The van der Waals surface area contributed by atoms with Crippen LogP contribution in [0.4, 0.5) is 5.95 Å². The number of rotatable bonds is 5. The van der Waals surface area contributed by atoms with Crippen molar-refractivity contribution < 1.29 is 29.6 Å². The number of aliphatic hydroxyl groups excluding tert-OH is 3. The Labute approximate surface area is 183 Å². The van der Waals surface area contributed by atoms with Crippen molar-refractivity contribution in [3.63, 3.8) is 0 Å². The van der Waals surface area contributed by atoms with E-state index in [9.17, 15) is 20.1 Å². The van der Waals surface area contributed by atoms with E-state index in [-0.39, 0.29) is 35.5 Å². The number of carbonyl (C=O) groups excluding carboxylic acids is 1. The molecule has 3 aromatic rings. The Kier molecular flexibility index (Phi) is 5.84. The van der Waals surface area contributed by atoms with Gasteiger partial charge in [0.05, 0.1) is 6.33 Å². The second kappa shape index (κ2) is 8.39. The highest BCUT2D eigenvalue weighted by atomic mass is 127. The van der Waals surface area contributed by atoms with Crippen LogP contribution in [0.3, 0.4) is 0 Å². The Balaban J connectivity index is 1.73. The summed E-state index contributed by atoms with van der Waals surface area (Å²) in [4.78, 5) is 24.3. The van der Waals surface area contributed by atoms with E-state index in [0.717, 1.165) is 9.13 Å². The number of hydrogen-bond donors (Lipinski definition) is 4. The van der Waals surface area contributed by atoms with E-state index in [0.29, 0.717) is 0 Å². The Morgan fingerprint density at radius 1 is 1.27 bits per heavy atom. The first-order valence-corrected chi connectivity index (χ1v) is 10.0. The number of hydrogen-bond acceptors (Lipinski definition) is 9. The minimum absolute atomic E-state index is 0.0249. The predicted molar refractivity (Wildman–Crippen MR) is 111 cm³/mol. The van der Waals surface area contributed by atoms with Gasteiger partial charge in [-0.3, -0.25) is 14.7 Å². The largest absolute Gasteiger partial charge is 0.471 e. The summed E-state index contributed by atoms with van der Waals surface area (Å²) in [5.41, 5.74) is 1.39. The van der Waals surface area contributed by atoms with E-state index in [4.69, 9.17) is 9.47 Å². The summed E-state index contributed by atoms with van der Waals surface area (Å²) in [5, 5.41) is 32.2. The van der Waals surface area contributed by atoms with Crippen molar-refractivity contribution in [1.29, 1.82) is 0 Å². The molecule has 1 amide bonds. The summed E-state index contributed by atoms with van der Waals surface area (Å²) in [5.74, 6) is -0.286. The zero-order valence-electron chi connectivity index (χ0n) is 15.6. The number of fused-ring (bicyclic) bond motifs is 1. The van der Waals surface area contributed by atoms with Crippen LogP contribution in [-0.2, 0) is 16.1 Å². The SMILES string of the molecule is CC(=O)Nc1nc(OCc2ccccc2I)c2ncn([C@@H]3O[C@H](O)[C@@H](O)[C@H]3O)c2n1. The van der Waals surface area contributed by atoms with Crippen LogP contribution in [0.1, 0.15) is 18.7 Å². The van der Waals surface area contributed by atoms with Crippen LogP contribution < -0.4 is 10.1 Å². The smallest absolute Gasteiger partial charge is 0.247 e. The minimum Gasteiger partial charge on any atom is -0.471 e. The number of ether oxygens (including phenoxy) is 2. The molecule has 0 bridgehead atoms. The molecule has 0 unspecified atom stereocenters. The number of amides is 1. The second-order valence-electron chi connectivity index (χ2n) is 6.64. The first kappa shape index (κ1) is 20.9. The van der Waals surface area contributed by atoms with Gasteiger partial charge in [-0.05, 0) is 28.7 Å². The number of nitrogens with one attached hydrogen (secondary N) is 1. The van der Waals surface area contributed by atoms with Gasteiger partial charge < -0.3 is 24.8 Å². The highest BCUT2D eigenvalue weighted by Crippen LogP contribution is 2.32. The third-order valence-corrected chi connectivity index (χ3v) is 5.54.